The maximum atomic E-state index is 12.6. The number of ether oxygens (including phenoxy) is 1. The monoisotopic (exact) mass is 374 g/mol. The van der Waals surface area contributed by atoms with Crippen molar-refractivity contribution in [3.05, 3.63) is 90.0 Å². The van der Waals surface area contributed by atoms with Crippen LogP contribution in [0.15, 0.2) is 78.9 Å². The zero-order valence-electron chi connectivity index (χ0n) is 15.6. The molecule has 3 aromatic rings. The van der Waals surface area contributed by atoms with E-state index in [0.29, 0.717) is 35.7 Å². The van der Waals surface area contributed by atoms with Gasteiger partial charge in [-0.15, -0.1) is 0 Å². The number of benzene rings is 3. The summed E-state index contributed by atoms with van der Waals surface area (Å²) < 4.78 is 5.51. The molecule has 5 nitrogen and oxygen atoms in total. The third kappa shape index (κ3) is 5.20. The van der Waals surface area contributed by atoms with Crippen molar-refractivity contribution < 1.29 is 14.3 Å². The van der Waals surface area contributed by atoms with Crippen LogP contribution in [0.2, 0.25) is 0 Å². The second-order valence-corrected chi connectivity index (χ2v) is 6.17. The van der Waals surface area contributed by atoms with Crippen LogP contribution in [-0.2, 0) is 11.2 Å². The summed E-state index contributed by atoms with van der Waals surface area (Å²) in [5, 5.41) is 5.71. The summed E-state index contributed by atoms with van der Waals surface area (Å²) in [5.41, 5.74) is 2.62. The van der Waals surface area contributed by atoms with Gasteiger partial charge in [0.25, 0.3) is 5.91 Å². The number of carbonyl (C=O) groups excluding carboxylic acids is 2. The molecule has 3 rings (SSSR count). The lowest BCUT2D eigenvalue weighted by Gasteiger charge is -2.11. The first-order chi connectivity index (χ1) is 13.7. The van der Waals surface area contributed by atoms with Gasteiger partial charge in [0.2, 0.25) is 5.91 Å². The lowest BCUT2D eigenvalue weighted by Crippen LogP contribution is -2.16. The van der Waals surface area contributed by atoms with Crippen LogP contribution in [0.4, 0.5) is 11.4 Å². The van der Waals surface area contributed by atoms with E-state index in [0.717, 1.165) is 5.56 Å². The maximum Gasteiger partial charge on any atom is 0.259 e. The van der Waals surface area contributed by atoms with E-state index in [2.05, 4.69) is 10.6 Å². The van der Waals surface area contributed by atoms with Gasteiger partial charge in [-0.05, 0) is 42.8 Å². The van der Waals surface area contributed by atoms with Crippen LogP contribution in [0.25, 0.3) is 0 Å². The van der Waals surface area contributed by atoms with E-state index in [1.54, 1.807) is 42.5 Å². The number of carbonyl (C=O) groups is 2. The lowest BCUT2D eigenvalue weighted by molar-refractivity contribution is -0.115. The molecule has 0 aliphatic carbocycles. The van der Waals surface area contributed by atoms with Crippen LogP contribution in [0.5, 0.6) is 5.75 Å². The lowest BCUT2D eigenvalue weighted by atomic mass is 10.1. The highest BCUT2D eigenvalue weighted by Crippen LogP contribution is 2.21. The zero-order valence-corrected chi connectivity index (χ0v) is 15.6. The van der Waals surface area contributed by atoms with Gasteiger partial charge in [0.1, 0.15) is 5.75 Å². The van der Waals surface area contributed by atoms with Crippen LogP contribution >= 0.6 is 0 Å². The minimum Gasteiger partial charge on any atom is -0.493 e. The molecule has 0 saturated heterocycles. The number of para-hydroxylation sites is 1. The van der Waals surface area contributed by atoms with Gasteiger partial charge in [-0.1, -0.05) is 48.5 Å². The summed E-state index contributed by atoms with van der Waals surface area (Å²) in [6, 6.07) is 23.7. The van der Waals surface area contributed by atoms with Crippen molar-refractivity contribution in [2.75, 3.05) is 17.2 Å². The van der Waals surface area contributed by atoms with Crippen molar-refractivity contribution in [3.8, 4) is 5.75 Å². The minimum atomic E-state index is -0.267. The molecule has 0 radical (unpaired) electrons. The number of anilines is 2. The average molecular weight is 374 g/mol. The number of hydrogen-bond donors (Lipinski definition) is 2. The van der Waals surface area contributed by atoms with Gasteiger partial charge in [0, 0.05) is 11.4 Å². The standard InChI is InChI=1S/C23H22N2O3/c1-2-28-21-14-7-6-13-20(21)23(27)25-19-12-8-11-18(16-19)24-22(26)15-17-9-4-3-5-10-17/h3-14,16H,2,15H2,1H3,(H,24,26)(H,25,27). The fourth-order valence-corrected chi connectivity index (χ4v) is 2.80. The Kier molecular flexibility index (Phi) is 6.41. The van der Waals surface area contributed by atoms with E-state index in [-0.39, 0.29) is 11.8 Å². The Morgan fingerprint density at radius 1 is 0.821 bits per heavy atom. The molecule has 0 saturated carbocycles. The van der Waals surface area contributed by atoms with Crippen LogP contribution < -0.4 is 15.4 Å². The highest BCUT2D eigenvalue weighted by Gasteiger charge is 2.12. The molecule has 0 fully saturated rings. The highest BCUT2D eigenvalue weighted by atomic mass is 16.5. The average Bonchev–Trinajstić information content (AvgIpc) is 2.69. The van der Waals surface area contributed by atoms with Gasteiger partial charge >= 0.3 is 0 Å². The second kappa shape index (κ2) is 9.37. The molecule has 0 atom stereocenters. The molecule has 142 valence electrons. The van der Waals surface area contributed by atoms with Gasteiger partial charge in [0.05, 0.1) is 18.6 Å². The maximum absolute atomic E-state index is 12.6. The van der Waals surface area contributed by atoms with Crippen LogP contribution in [0.3, 0.4) is 0 Å². The predicted molar refractivity (Wildman–Crippen MR) is 111 cm³/mol. The van der Waals surface area contributed by atoms with E-state index in [9.17, 15) is 9.59 Å². The van der Waals surface area contributed by atoms with Gasteiger partial charge in [-0.3, -0.25) is 9.59 Å². The van der Waals surface area contributed by atoms with E-state index in [1.165, 1.54) is 0 Å². The fourth-order valence-electron chi connectivity index (χ4n) is 2.80. The van der Waals surface area contributed by atoms with Gasteiger partial charge < -0.3 is 15.4 Å². The van der Waals surface area contributed by atoms with Gasteiger partial charge in [-0.25, -0.2) is 0 Å². The van der Waals surface area contributed by atoms with E-state index >= 15 is 0 Å². The van der Waals surface area contributed by atoms with Crippen molar-refractivity contribution in [1.82, 2.24) is 0 Å². The first-order valence-electron chi connectivity index (χ1n) is 9.12. The Bertz CT molecular complexity index is 955. The Morgan fingerprint density at radius 2 is 1.50 bits per heavy atom. The van der Waals surface area contributed by atoms with Crippen molar-refractivity contribution in [3.63, 3.8) is 0 Å². The summed E-state index contributed by atoms with van der Waals surface area (Å²) in [4.78, 5) is 24.8. The van der Waals surface area contributed by atoms with Gasteiger partial charge in [0.15, 0.2) is 0 Å². The smallest absolute Gasteiger partial charge is 0.259 e. The van der Waals surface area contributed by atoms with E-state index in [4.69, 9.17) is 4.74 Å². The first-order valence-corrected chi connectivity index (χ1v) is 9.12. The van der Waals surface area contributed by atoms with Gasteiger partial charge in [-0.2, -0.15) is 0 Å². The largest absolute Gasteiger partial charge is 0.493 e. The Balaban J connectivity index is 1.66. The summed E-state index contributed by atoms with van der Waals surface area (Å²) in [6.45, 7) is 2.35. The summed E-state index contributed by atoms with van der Waals surface area (Å²) >= 11 is 0. The summed E-state index contributed by atoms with van der Waals surface area (Å²) in [5.74, 6) is 0.156. The van der Waals surface area contributed by atoms with Crippen molar-refractivity contribution >= 4 is 23.2 Å². The molecule has 3 aromatic carbocycles. The quantitative estimate of drug-likeness (QED) is 0.639. The Labute approximate surface area is 164 Å². The molecule has 0 aliphatic rings. The number of nitrogens with one attached hydrogen (secondary N) is 2. The minimum absolute atomic E-state index is 0.114. The number of hydrogen-bond acceptors (Lipinski definition) is 3. The molecule has 0 bridgehead atoms. The molecule has 0 spiro atoms. The van der Waals surface area contributed by atoms with Crippen molar-refractivity contribution in [2.24, 2.45) is 0 Å². The number of amides is 2. The second-order valence-electron chi connectivity index (χ2n) is 6.17. The Morgan fingerprint density at radius 3 is 2.25 bits per heavy atom. The molecule has 0 heterocycles. The Hall–Kier alpha value is -3.60. The molecule has 0 aliphatic heterocycles. The summed E-state index contributed by atoms with van der Waals surface area (Å²) in [7, 11) is 0. The van der Waals surface area contributed by atoms with Crippen LogP contribution in [-0.4, -0.2) is 18.4 Å². The fraction of sp³-hybridized carbons (Fsp3) is 0.130. The molecule has 2 amide bonds. The van der Waals surface area contributed by atoms with Crippen LogP contribution in [0.1, 0.15) is 22.8 Å². The molecule has 5 heteroatoms. The molecule has 0 aromatic heterocycles. The molecule has 0 unspecified atom stereocenters. The SMILES string of the molecule is CCOc1ccccc1C(=O)Nc1cccc(NC(=O)Cc2ccccc2)c1. The highest BCUT2D eigenvalue weighted by molar-refractivity contribution is 6.06. The zero-order chi connectivity index (χ0) is 19.8. The number of rotatable bonds is 7. The van der Waals surface area contributed by atoms with Crippen molar-refractivity contribution in [1.29, 1.82) is 0 Å². The predicted octanol–water partition coefficient (Wildman–Crippen LogP) is 4.52. The normalized spacial score (nSPS) is 10.2. The van der Waals surface area contributed by atoms with E-state index in [1.807, 2.05) is 43.3 Å². The first kappa shape index (κ1) is 19.2. The summed E-state index contributed by atoms with van der Waals surface area (Å²) in [6.07, 6.45) is 0.291. The molecule has 2 N–H and O–H groups in total. The van der Waals surface area contributed by atoms with Crippen LogP contribution in [0, 0.1) is 0 Å². The molecule has 28 heavy (non-hydrogen) atoms. The van der Waals surface area contributed by atoms with Crippen molar-refractivity contribution in [2.45, 2.75) is 13.3 Å². The third-order valence-electron chi connectivity index (χ3n) is 4.04. The molecular formula is C23H22N2O3. The molecular weight excluding hydrogens is 352 g/mol. The third-order valence-corrected chi connectivity index (χ3v) is 4.04. The topological polar surface area (TPSA) is 67.4 Å². The van der Waals surface area contributed by atoms with E-state index < -0.39 is 0 Å².